The van der Waals surface area contributed by atoms with Gasteiger partial charge in [0, 0.05) is 11.6 Å². The largest absolute Gasteiger partial charge is 0.312 e. The quantitative estimate of drug-likeness (QED) is 0.780. The Bertz CT molecular complexity index is 227. The second-order valence-electron chi connectivity index (χ2n) is 6.92. The van der Waals surface area contributed by atoms with Crippen molar-refractivity contribution in [1.82, 2.24) is 10.2 Å². The van der Waals surface area contributed by atoms with Crippen molar-refractivity contribution in [2.75, 3.05) is 20.6 Å². The summed E-state index contributed by atoms with van der Waals surface area (Å²) in [5.74, 6) is 1.68. The summed E-state index contributed by atoms with van der Waals surface area (Å²) in [5.41, 5.74) is 0.382. The molecule has 0 heterocycles. The molecule has 0 aromatic carbocycles. The lowest BCUT2D eigenvalue weighted by Gasteiger charge is -2.50. The van der Waals surface area contributed by atoms with Gasteiger partial charge in [-0.3, -0.25) is 0 Å². The second kappa shape index (κ2) is 6.91. The van der Waals surface area contributed by atoms with Crippen molar-refractivity contribution in [3.8, 4) is 0 Å². The molecule has 0 bridgehead atoms. The average molecular weight is 254 g/mol. The normalized spacial score (nSPS) is 31.0. The highest BCUT2D eigenvalue weighted by molar-refractivity contribution is 5.01. The van der Waals surface area contributed by atoms with Crippen molar-refractivity contribution in [2.24, 2.45) is 11.8 Å². The molecular formula is C16H34N2. The molecule has 2 heteroatoms. The minimum absolute atomic E-state index is 0.382. The van der Waals surface area contributed by atoms with Crippen LogP contribution in [0.3, 0.4) is 0 Å². The topological polar surface area (TPSA) is 15.3 Å². The highest BCUT2D eigenvalue weighted by Crippen LogP contribution is 2.39. The van der Waals surface area contributed by atoms with Crippen molar-refractivity contribution in [1.29, 1.82) is 0 Å². The molecule has 1 N–H and O–H groups in total. The Hall–Kier alpha value is -0.0800. The average Bonchev–Trinajstić information content (AvgIpc) is 2.29. The summed E-state index contributed by atoms with van der Waals surface area (Å²) in [7, 11) is 4.56. The fraction of sp³-hybridized carbons (Fsp3) is 1.00. The maximum atomic E-state index is 3.78. The van der Waals surface area contributed by atoms with Gasteiger partial charge in [-0.2, -0.15) is 0 Å². The van der Waals surface area contributed by atoms with Gasteiger partial charge in [0.15, 0.2) is 0 Å². The van der Waals surface area contributed by atoms with Gasteiger partial charge in [-0.25, -0.2) is 0 Å². The molecule has 0 radical (unpaired) electrons. The molecule has 0 amide bonds. The molecule has 2 nitrogen and oxygen atoms in total. The third-order valence-electron chi connectivity index (χ3n) is 4.84. The van der Waals surface area contributed by atoms with E-state index in [0.717, 1.165) is 18.4 Å². The summed E-state index contributed by atoms with van der Waals surface area (Å²) in [6, 6.07) is 0.644. The molecular weight excluding hydrogens is 220 g/mol. The van der Waals surface area contributed by atoms with Gasteiger partial charge in [0.2, 0.25) is 0 Å². The van der Waals surface area contributed by atoms with Crippen molar-refractivity contribution in [3.63, 3.8) is 0 Å². The fourth-order valence-electron chi connectivity index (χ4n) is 3.58. The number of nitrogens with zero attached hydrogens (tertiary/aromatic N) is 1. The van der Waals surface area contributed by atoms with E-state index in [-0.39, 0.29) is 0 Å². The van der Waals surface area contributed by atoms with Crippen molar-refractivity contribution >= 4 is 0 Å². The molecule has 0 aromatic rings. The molecule has 0 spiro atoms. The summed E-state index contributed by atoms with van der Waals surface area (Å²) >= 11 is 0. The third-order valence-corrected chi connectivity index (χ3v) is 4.84. The SMILES string of the molecule is CCNC(CC(C)C)C1(N(C)C)CCC(C)CC1. The summed E-state index contributed by atoms with van der Waals surface area (Å²) in [5, 5.41) is 3.78. The van der Waals surface area contributed by atoms with Crippen molar-refractivity contribution in [3.05, 3.63) is 0 Å². The molecule has 1 saturated carbocycles. The molecule has 1 aliphatic rings. The number of rotatable bonds is 6. The Morgan fingerprint density at radius 3 is 2.17 bits per heavy atom. The first-order valence-corrected chi connectivity index (χ1v) is 7.83. The van der Waals surface area contributed by atoms with Crippen LogP contribution in [0.5, 0.6) is 0 Å². The zero-order chi connectivity index (χ0) is 13.8. The van der Waals surface area contributed by atoms with E-state index in [2.05, 4.69) is 52.0 Å². The first kappa shape index (κ1) is 16.0. The summed E-state index contributed by atoms with van der Waals surface area (Å²) < 4.78 is 0. The van der Waals surface area contributed by atoms with Gasteiger partial charge in [0.1, 0.15) is 0 Å². The summed E-state index contributed by atoms with van der Waals surface area (Å²) in [6.07, 6.45) is 6.77. The van der Waals surface area contributed by atoms with E-state index in [9.17, 15) is 0 Å². The van der Waals surface area contributed by atoms with E-state index in [1.807, 2.05) is 0 Å². The molecule has 18 heavy (non-hydrogen) atoms. The van der Waals surface area contributed by atoms with E-state index in [0.29, 0.717) is 11.6 Å². The Kier molecular flexibility index (Phi) is 6.13. The first-order valence-electron chi connectivity index (χ1n) is 7.83. The predicted molar refractivity (Wildman–Crippen MR) is 81.0 cm³/mol. The molecule has 1 aliphatic carbocycles. The summed E-state index contributed by atoms with van der Waals surface area (Å²) in [6.45, 7) is 10.4. The van der Waals surface area contributed by atoms with Crippen LogP contribution in [0.15, 0.2) is 0 Å². The number of nitrogens with one attached hydrogen (secondary N) is 1. The molecule has 0 saturated heterocycles. The number of hydrogen-bond donors (Lipinski definition) is 1. The van der Waals surface area contributed by atoms with Crippen molar-refractivity contribution < 1.29 is 0 Å². The Balaban J connectivity index is 2.85. The third kappa shape index (κ3) is 3.71. The highest BCUT2D eigenvalue weighted by atomic mass is 15.2. The van der Waals surface area contributed by atoms with E-state index < -0.39 is 0 Å². The molecule has 1 unspecified atom stereocenters. The lowest BCUT2D eigenvalue weighted by molar-refractivity contribution is 0.0366. The molecule has 1 fully saturated rings. The van der Waals surface area contributed by atoms with Crippen LogP contribution < -0.4 is 5.32 Å². The van der Waals surface area contributed by atoms with Gasteiger partial charge >= 0.3 is 0 Å². The lowest BCUT2D eigenvalue weighted by Crippen LogP contribution is -2.60. The van der Waals surface area contributed by atoms with Crippen LogP contribution in [0.1, 0.15) is 59.8 Å². The molecule has 0 aromatic heterocycles. The van der Waals surface area contributed by atoms with Crippen LogP contribution in [0.25, 0.3) is 0 Å². The zero-order valence-corrected chi connectivity index (χ0v) is 13.4. The van der Waals surface area contributed by atoms with Crippen LogP contribution in [0.4, 0.5) is 0 Å². The molecule has 1 atom stereocenters. The van der Waals surface area contributed by atoms with E-state index in [1.54, 1.807) is 0 Å². The first-order chi connectivity index (χ1) is 8.42. The number of likely N-dealkylation sites (N-methyl/N-ethyl adjacent to an activating group) is 2. The lowest BCUT2D eigenvalue weighted by atomic mass is 9.70. The highest BCUT2D eigenvalue weighted by Gasteiger charge is 2.42. The van der Waals surface area contributed by atoms with Gasteiger partial charge in [0.25, 0.3) is 0 Å². The molecule has 1 rings (SSSR count). The van der Waals surface area contributed by atoms with Crippen LogP contribution in [-0.4, -0.2) is 37.1 Å². The van der Waals surface area contributed by atoms with Gasteiger partial charge in [-0.15, -0.1) is 0 Å². The number of hydrogen-bond acceptors (Lipinski definition) is 2. The van der Waals surface area contributed by atoms with E-state index in [4.69, 9.17) is 0 Å². The Labute approximate surface area is 115 Å². The zero-order valence-electron chi connectivity index (χ0n) is 13.4. The van der Waals surface area contributed by atoms with Crippen LogP contribution in [-0.2, 0) is 0 Å². The fourth-order valence-corrected chi connectivity index (χ4v) is 3.58. The minimum Gasteiger partial charge on any atom is -0.312 e. The second-order valence-corrected chi connectivity index (χ2v) is 6.92. The van der Waals surface area contributed by atoms with Crippen molar-refractivity contribution in [2.45, 2.75) is 71.4 Å². The maximum Gasteiger partial charge on any atom is 0.0356 e. The standard InChI is InChI=1S/C16H34N2/c1-7-17-15(12-13(2)3)16(18(5)6)10-8-14(4)9-11-16/h13-15,17H,7-12H2,1-6H3. The smallest absolute Gasteiger partial charge is 0.0356 e. The van der Waals surface area contributed by atoms with Gasteiger partial charge in [-0.1, -0.05) is 27.7 Å². The van der Waals surface area contributed by atoms with Crippen LogP contribution in [0.2, 0.25) is 0 Å². The van der Waals surface area contributed by atoms with Crippen LogP contribution >= 0.6 is 0 Å². The van der Waals surface area contributed by atoms with Crippen LogP contribution in [0, 0.1) is 11.8 Å². The molecule has 0 aliphatic heterocycles. The maximum absolute atomic E-state index is 3.78. The minimum atomic E-state index is 0.382. The predicted octanol–water partition coefficient (Wildman–Crippen LogP) is 3.52. The van der Waals surface area contributed by atoms with Gasteiger partial charge in [0.05, 0.1) is 0 Å². The molecule has 108 valence electrons. The Morgan fingerprint density at radius 1 is 1.22 bits per heavy atom. The monoisotopic (exact) mass is 254 g/mol. The Morgan fingerprint density at radius 2 is 1.78 bits per heavy atom. The van der Waals surface area contributed by atoms with E-state index in [1.165, 1.54) is 32.1 Å². The van der Waals surface area contributed by atoms with E-state index >= 15 is 0 Å². The summed E-state index contributed by atoms with van der Waals surface area (Å²) in [4.78, 5) is 2.51. The van der Waals surface area contributed by atoms with Gasteiger partial charge in [-0.05, 0) is 64.6 Å². The van der Waals surface area contributed by atoms with Gasteiger partial charge < -0.3 is 10.2 Å².